The molecular formula is C32H28S12. The lowest BCUT2D eigenvalue weighted by atomic mass is 9.91. The second-order valence-electron chi connectivity index (χ2n) is 9.91. The highest BCUT2D eigenvalue weighted by Gasteiger charge is 2.29. The van der Waals surface area contributed by atoms with Gasteiger partial charge in [-0.05, 0) is 94.9 Å². The Morgan fingerprint density at radius 1 is 0.455 bits per heavy atom. The van der Waals surface area contributed by atoms with Crippen molar-refractivity contribution < 1.29 is 0 Å². The summed E-state index contributed by atoms with van der Waals surface area (Å²) in [6, 6.07) is 14.6. The smallest absolute Gasteiger partial charge is 0.0717 e. The number of hydrogen-bond donors (Lipinski definition) is 0. The van der Waals surface area contributed by atoms with Gasteiger partial charge in [0.05, 0.1) is 33.9 Å². The van der Waals surface area contributed by atoms with Gasteiger partial charge in [-0.3, -0.25) is 0 Å². The zero-order valence-corrected chi connectivity index (χ0v) is 34.1. The highest BCUT2D eigenvalue weighted by Crippen LogP contribution is 2.64. The zero-order chi connectivity index (χ0) is 30.2. The third-order valence-corrected chi connectivity index (χ3v) is 23.6. The maximum Gasteiger partial charge on any atom is 0.0717 e. The average molecular weight is 797 g/mol. The number of aryl methyl sites for hydroxylation is 4. The van der Waals surface area contributed by atoms with Gasteiger partial charge in [0.2, 0.25) is 0 Å². The molecule has 0 nitrogen and oxygen atoms in total. The Bertz CT molecular complexity index is 1550. The number of benzene rings is 2. The van der Waals surface area contributed by atoms with E-state index in [-0.39, 0.29) is 0 Å². The zero-order valence-electron chi connectivity index (χ0n) is 24.3. The molecule has 0 saturated heterocycles. The summed E-state index contributed by atoms with van der Waals surface area (Å²) in [6.07, 6.45) is 13.0. The highest BCUT2D eigenvalue weighted by molar-refractivity contribution is 8.43. The normalized spacial score (nSPS) is 20.4. The molecule has 10 rings (SSSR count). The van der Waals surface area contributed by atoms with Gasteiger partial charge in [-0.2, -0.15) is 0 Å². The molecule has 0 aromatic heterocycles. The Hall–Kier alpha value is 1.08. The monoisotopic (exact) mass is 796 g/mol. The van der Waals surface area contributed by atoms with Crippen LogP contribution in [0.15, 0.2) is 81.1 Å². The summed E-state index contributed by atoms with van der Waals surface area (Å²) >= 11 is 23.1. The van der Waals surface area contributed by atoms with E-state index in [4.69, 9.17) is 0 Å². The van der Waals surface area contributed by atoms with E-state index in [9.17, 15) is 0 Å². The first-order valence-electron chi connectivity index (χ1n) is 13.7. The highest BCUT2D eigenvalue weighted by atomic mass is 32.3. The van der Waals surface area contributed by atoms with Crippen molar-refractivity contribution >= 4 is 151 Å². The molecule has 0 N–H and O–H groups in total. The Balaban J connectivity index is 1.10. The van der Waals surface area contributed by atoms with E-state index in [2.05, 4.69) is 72.2 Å². The summed E-state index contributed by atoms with van der Waals surface area (Å²) in [5, 5.41) is 4.80. The van der Waals surface area contributed by atoms with Gasteiger partial charge in [0, 0.05) is 9.81 Å². The first kappa shape index (κ1) is 33.6. The van der Waals surface area contributed by atoms with Crippen molar-refractivity contribution in [1.82, 2.24) is 0 Å². The van der Waals surface area contributed by atoms with Crippen LogP contribution < -0.4 is 0 Å². The molecule has 228 valence electrons. The van der Waals surface area contributed by atoms with Gasteiger partial charge in [-0.15, -0.1) is 47.0 Å². The van der Waals surface area contributed by atoms with E-state index < -0.39 is 0 Å². The van der Waals surface area contributed by atoms with Crippen molar-refractivity contribution in [2.75, 3.05) is 25.0 Å². The van der Waals surface area contributed by atoms with Gasteiger partial charge in [0.15, 0.2) is 0 Å². The van der Waals surface area contributed by atoms with Crippen LogP contribution in [-0.2, 0) is 25.7 Å². The van der Waals surface area contributed by atoms with Gasteiger partial charge < -0.3 is 0 Å². The lowest BCUT2D eigenvalue weighted by molar-refractivity contribution is 0.916. The van der Waals surface area contributed by atoms with Crippen LogP contribution in [0, 0.1) is 0 Å². The van der Waals surface area contributed by atoms with Crippen molar-refractivity contribution in [3.63, 3.8) is 0 Å². The molecule has 0 spiro atoms. The fourth-order valence-electron chi connectivity index (χ4n) is 5.15. The molecule has 0 radical (unpaired) electrons. The minimum Gasteiger partial charge on any atom is -0.121 e. The summed E-state index contributed by atoms with van der Waals surface area (Å²) in [5.41, 5.74) is 8.71. The van der Waals surface area contributed by atoms with Crippen LogP contribution >= 0.6 is 141 Å². The summed E-state index contributed by atoms with van der Waals surface area (Å²) in [7, 11) is 0. The van der Waals surface area contributed by atoms with Gasteiger partial charge in [-0.25, -0.2) is 0 Å². The van der Waals surface area contributed by atoms with Gasteiger partial charge >= 0.3 is 0 Å². The standard InChI is InChI=1S/C32H28S12/c1-33-25-26(34-2)42-31(41-25)29-37-15-23(39-29)21-13-17-5-9-19(21)11-7-18-6-10-20(12-8-17)22(14-18)24-16-38-30(40-24)32-43-27(35-3)28(36-4)44-32/h5-6,9-10,13-16H,7-8,11-12H2,1-4H3. The summed E-state index contributed by atoms with van der Waals surface area (Å²) in [6.45, 7) is 0. The summed E-state index contributed by atoms with van der Waals surface area (Å²) in [5.74, 6) is 0. The van der Waals surface area contributed by atoms with Crippen LogP contribution in [0.4, 0.5) is 0 Å². The molecule has 0 unspecified atom stereocenters. The van der Waals surface area contributed by atoms with Crippen molar-refractivity contribution in [1.29, 1.82) is 0 Å². The van der Waals surface area contributed by atoms with Gasteiger partial charge in [0.25, 0.3) is 0 Å². The largest absolute Gasteiger partial charge is 0.121 e. The Morgan fingerprint density at radius 2 is 0.841 bits per heavy atom. The molecule has 4 bridgehead atoms. The lowest BCUT2D eigenvalue weighted by Crippen LogP contribution is -2.03. The van der Waals surface area contributed by atoms with Crippen LogP contribution in [0.25, 0.3) is 9.81 Å². The molecule has 4 heterocycles. The summed E-state index contributed by atoms with van der Waals surface area (Å²) < 4.78 is 11.6. The number of hydrogen-bond acceptors (Lipinski definition) is 12. The topological polar surface area (TPSA) is 0 Å². The van der Waals surface area contributed by atoms with Gasteiger partial charge in [0.1, 0.15) is 0 Å². The third kappa shape index (κ3) is 7.18. The van der Waals surface area contributed by atoms with E-state index in [0.717, 1.165) is 25.7 Å². The molecule has 0 amide bonds. The first-order valence-corrected chi connectivity index (χ1v) is 25.3. The molecular weight excluding hydrogens is 769 g/mol. The predicted molar refractivity (Wildman–Crippen MR) is 227 cm³/mol. The SMILES string of the molecule is CSC1=C(SC)SC(=C2SC=C(c3cc4ccc3CCc3ccc(c(C5=CSC(=C6SC(SC)=C(SC)S6)S5)c3)CC4)S2)S1. The molecule has 44 heavy (non-hydrogen) atoms. The van der Waals surface area contributed by atoms with Crippen molar-refractivity contribution in [2.45, 2.75) is 25.7 Å². The van der Waals surface area contributed by atoms with Crippen LogP contribution in [-0.4, -0.2) is 25.0 Å². The Kier molecular flexibility index (Phi) is 11.7. The second-order valence-corrected chi connectivity index (χ2v) is 23.2. The summed E-state index contributed by atoms with van der Waals surface area (Å²) in [4.78, 5) is 2.84. The maximum absolute atomic E-state index is 2.50. The minimum absolute atomic E-state index is 1.06. The fraction of sp³-hybridized carbons (Fsp3) is 0.250. The molecule has 2 aromatic carbocycles. The molecule has 8 aliphatic rings. The van der Waals surface area contributed by atoms with Crippen LogP contribution in [0.2, 0.25) is 0 Å². The van der Waals surface area contributed by atoms with Gasteiger partial charge in [-0.1, -0.05) is 130 Å². The molecule has 2 aromatic rings. The van der Waals surface area contributed by atoms with E-state index in [1.54, 1.807) is 0 Å². The van der Waals surface area contributed by atoms with E-state index in [1.165, 1.54) is 77.1 Å². The van der Waals surface area contributed by atoms with Crippen LogP contribution in [0.3, 0.4) is 0 Å². The molecule has 12 heteroatoms. The molecule has 4 aliphatic heterocycles. The lowest BCUT2D eigenvalue weighted by Gasteiger charge is -2.17. The van der Waals surface area contributed by atoms with Crippen molar-refractivity contribution in [3.05, 3.63) is 114 Å². The number of thioether (sulfide) groups is 12. The van der Waals surface area contributed by atoms with E-state index >= 15 is 0 Å². The Morgan fingerprint density at radius 3 is 1.20 bits per heavy atom. The molecule has 0 atom stereocenters. The van der Waals surface area contributed by atoms with Crippen LogP contribution in [0.5, 0.6) is 0 Å². The van der Waals surface area contributed by atoms with Crippen molar-refractivity contribution in [3.8, 4) is 0 Å². The minimum atomic E-state index is 1.06. The Labute approximate surface area is 312 Å². The molecule has 4 aliphatic carbocycles. The molecule has 0 fully saturated rings. The maximum atomic E-state index is 2.50. The quantitative estimate of drug-likeness (QED) is 0.273. The number of rotatable bonds is 6. The van der Waals surface area contributed by atoms with Crippen molar-refractivity contribution in [2.24, 2.45) is 0 Å². The third-order valence-electron chi connectivity index (χ3n) is 7.35. The van der Waals surface area contributed by atoms with Crippen LogP contribution in [0.1, 0.15) is 33.4 Å². The van der Waals surface area contributed by atoms with E-state index in [1.807, 2.05) is 141 Å². The fourth-order valence-corrected chi connectivity index (χ4v) is 20.5. The predicted octanol–water partition coefficient (Wildman–Crippen LogP) is 14.0. The molecule has 0 saturated carbocycles. The average Bonchev–Trinajstić information content (AvgIpc) is 3.87. The second kappa shape index (κ2) is 15.3. The van der Waals surface area contributed by atoms with E-state index in [0.29, 0.717) is 0 Å². The first-order chi connectivity index (χ1) is 21.6.